The summed E-state index contributed by atoms with van der Waals surface area (Å²) >= 11 is 0. The zero-order valence-electron chi connectivity index (χ0n) is 16.5. The van der Waals surface area contributed by atoms with Crippen molar-refractivity contribution >= 4 is 21.6 Å². The van der Waals surface area contributed by atoms with Gasteiger partial charge >= 0.3 is 0 Å². The number of aromatic nitrogens is 1. The van der Waals surface area contributed by atoms with E-state index in [-0.39, 0.29) is 42.7 Å². The van der Waals surface area contributed by atoms with Crippen molar-refractivity contribution in [2.24, 2.45) is 0 Å². The summed E-state index contributed by atoms with van der Waals surface area (Å²) in [5.41, 5.74) is 1.19. The lowest BCUT2D eigenvalue weighted by Gasteiger charge is -2.34. The first-order valence-corrected chi connectivity index (χ1v) is 11.1. The molecule has 0 bridgehead atoms. The number of non-ortho nitro benzene ring substituents is 1. The Morgan fingerprint density at radius 2 is 1.55 bits per heavy atom. The largest absolute Gasteiger partial charge is 0.336 e. The molecule has 0 aliphatic carbocycles. The number of piperazine rings is 1. The lowest BCUT2D eigenvalue weighted by Crippen LogP contribution is -2.50. The third-order valence-electron chi connectivity index (χ3n) is 5.21. The minimum atomic E-state index is -3.87. The first-order valence-electron chi connectivity index (χ1n) is 9.63. The fourth-order valence-electron chi connectivity index (χ4n) is 3.50. The van der Waals surface area contributed by atoms with Crippen LogP contribution in [0.2, 0.25) is 0 Å². The summed E-state index contributed by atoms with van der Waals surface area (Å²) in [6, 6.07) is 16.0. The average Bonchev–Trinajstić information content (AvgIpc) is 3.34. The molecule has 160 valence electrons. The number of nitrogens with zero attached hydrogens (tertiary/aromatic N) is 4. The van der Waals surface area contributed by atoms with Crippen molar-refractivity contribution in [3.63, 3.8) is 0 Å². The molecule has 0 N–H and O–H groups in total. The van der Waals surface area contributed by atoms with Gasteiger partial charge in [-0.3, -0.25) is 14.9 Å². The van der Waals surface area contributed by atoms with Crippen LogP contribution in [0, 0.1) is 10.1 Å². The molecule has 1 aliphatic heterocycles. The molecule has 0 radical (unpaired) electrons. The molecule has 1 aliphatic rings. The Hall–Kier alpha value is -3.50. The molecule has 0 saturated carbocycles. The van der Waals surface area contributed by atoms with Gasteiger partial charge in [0, 0.05) is 62.0 Å². The first-order chi connectivity index (χ1) is 14.9. The molecule has 10 heteroatoms. The van der Waals surface area contributed by atoms with Crippen LogP contribution in [0.3, 0.4) is 0 Å². The predicted octanol–water partition coefficient (Wildman–Crippen LogP) is 2.53. The van der Waals surface area contributed by atoms with Crippen LogP contribution in [0.1, 0.15) is 10.4 Å². The molecule has 1 aromatic heterocycles. The number of rotatable bonds is 5. The summed E-state index contributed by atoms with van der Waals surface area (Å²) in [4.78, 5) is 24.6. The summed E-state index contributed by atoms with van der Waals surface area (Å²) in [7, 11) is -3.87. The zero-order valence-corrected chi connectivity index (χ0v) is 17.3. The van der Waals surface area contributed by atoms with E-state index < -0.39 is 14.9 Å². The Kier molecular flexibility index (Phi) is 5.57. The molecule has 31 heavy (non-hydrogen) atoms. The number of amides is 1. The van der Waals surface area contributed by atoms with E-state index in [0.717, 1.165) is 11.8 Å². The van der Waals surface area contributed by atoms with E-state index in [1.807, 2.05) is 41.2 Å². The van der Waals surface area contributed by atoms with E-state index >= 15 is 0 Å². The third kappa shape index (κ3) is 4.21. The molecular weight excluding hydrogens is 420 g/mol. The van der Waals surface area contributed by atoms with Crippen LogP contribution in [-0.4, -0.2) is 59.2 Å². The van der Waals surface area contributed by atoms with Crippen LogP contribution >= 0.6 is 0 Å². The highest BCUT2D eigenvalue weighted by molar-refractivity contribution is 7.89. The van der Waals surface area contributed by atoms with E-state index in [2.05, 4.69) is 0 Å². The molecule has 2 aromatic carbocycles. The van der Waals surface area contributed by atoms with Gasteiger partial charge in [-0.25, -0.2) is 8.42 Å². The van der Waals surface area contributed by atoms with Gasteiger partial charge in [-0.05, 0) is 42.5 Å². The van der Waals surface area contributed by atoms with Gasteiger partial charge in [0.2, 0.25) is 10.0 Å². The minimum Gasteiger partial charge on any atom is -0.336 e. The van der Waals surface area contributed by atoms with Crippen LogP contribution in [0.5, 0.6) is 0 Å². The average molecular weight is 440 g/mol. The van der Waals surface area contributed by atoms with Crippen molar-refractivity contribution in [3.05, 3.63) is 88.7 Å². The van der Waals surface area contributed by atoms with Crippen LogP contribution in [0.4, 0.5) is 5.69 Å². The predicted molar refractivity (Wildman–Crippen MR) is 114 cm³/mol. The van der Waals surface area contributed by atoms with Gasteiger partial charge in [0.05, 0.1) is 9.82 Å². The highest BCUT2D eigenvalue weighted by Gasteiger charge is 2.31. The standard InChI is InChI=1S/C21H20N4O5S/c26-21(17-6-8-18(9-7-17)22-10-1-2-11-22)23-12-14-24(15-13-23)31(29,30)20-5-3-4-19(16-20)25(27)28/h1-11,16H,12-15H2. The van der Waals surface area contributed by atoms with Crippen molar-refractivity contribution in [2.45, 2.75) is 4.90 Å². The second-order valence-electron chi connectivity index (χ2n) is 7.09. The summed E-state index contributed by atoms with van der Waals surface area (Å²) in [6.45, 7) is 0.731. The van der Waals surface area contributed by atoms with E-state index in [4.69, 9.17) is 0 Å². The molecule has 4 rings (SSSR count). The SMILES string of the molecule is O=C(c1ccc(-n2cccc2)cc1)N1CCN(S(=O)(=O)c2cccc([N+](=O)[O-])c2)CC1. The normalized spacial score (nSPS) is 15.0. The van der Waals surface area contributed by atoms with Gasteiger partial charge in [-0.15, -0.1) is 0 Å². The number of hydrogen-bond acceptors (Lipinski definition) is 5. The number of nitro benzene ring substituents is 1. The molecule has 1 saturated heterocycles. The van der Waals surface area contributed by atoms with Crippen molar-refractivity contribution in [1.29, 1.82) is 0 Å². The van der Waals surface area contributed by atoms with Gasteiger partial charge in [0.15, 0.2) is 0 Å². The number of nitro groups is 1. The molecule has 2 heterocycles. The zero-order chi connectivity index (χ0) is 22.0. The summed E-state index contributed by atoms with van der Waals surface area (Å²) in [5.74, 6) is -0.161. The summed E-state index contributed by atoms with van der Waals surface area (Å²) in [5, 5.41) is 10.9. The Bertz CT molecular complexity index is 1200. The number of carbonyl (C=O) groups is 1. The van der Waals surface area contributed by atoms with Crippen molar-refractivity contribution in [2.75, 3.05) is 26.2 Å². The lowest BCUT2D eigenvalue weighted by atomic mass is 10.1. The van der Waals surface area contributed by atoms with E-state index in [1.165, 1.54) is 22.5 Å². The smallest absolute Gasteiger partial charge is 0.270 e. The monoisotopic (exact) mass is 440 g/mol. The lowest BCUT2D eigenvalue weighted by molar-refractivity contribution is -0.385. The van der Waals surface area contributed by atoms with Gasteiger partial charge < -0.3 is 9.47 Å². The molecule has 3 aromatic rings. The van der Waals surface area contributed by atoms with E-state index in [0.29, 0.717) is 5.56 Å². The second kappa shape index (κ2) is 8.32. The number of benzene rings is 2. The van der Waals surface area contributed by atoms with Gasteiger partial charge in [0.25, 0.3) is 11.6 Å². The quantitative estimate of drug-likeness (QED) is 0.448. The van der Waals surface area contributed by atoms with Crippen LogP contribution < -0.4 is 0 Å². The number of hydrogen-bond donors (Lipinski definition) is 0. The molecule has 1 fully saturated rings. The van der Waals surface area contributed by atoms with Crippen molar-refractivity contribution in [3.8, 4) is 5.69 Å². The maximum Gasteiger partial charge on any atom is 0.270 e. The van der Waals surface area contributed by atoms with Crippen LogP contribution in [-0.2, 0) is 10.0 Å². The maximum atomic E-state index is 12.9. The van der Waals surface area contributed by atoms with E-state index in [1.54, 1.807) is 17.0 Å². The maximum absolute atomic E-state index is 12.9. The van der Waals surface area contributed by atoms with Crippen molar-refractivity contribution < 1.29 is 18.1 Å². The molecule has 1 amide bonds. The fourth-order valence-corrected chi connectivity index (χ4v) is 4.97. The van der Waals surface area contributed by atoms with Gasteiger partial charge in [0.1, 0.15) is 0 Å². The molecular formula is C21H20N4O5S. The van der Waals surface area contributed by atoms with Crippen LogP contribution in [0.15, 0.2) is 78.0 Å². The van der Waals surface area contributed by atoms with Crippen molar-refractivity contribution in [1.82, 2.24) is 13.8 Å². The number of carbonyl (C=O) groups excluding carboxylic acids is 1. The summed E-state index contributed by atoms with van der Waals surface area (Å²) < 4.78 is 28.9. The minimum absolute atomic E-state index is 0.123. The van der Waals surface area contributed by atoms with Crippen LogP contribution in [0.25, 0.3) is 5.69 Å². The molecule has 0 spiro atoms. The molecule has 0 unspecified atom stereocenters. The third-order valence-corrected chi connectivity index (χ3v) is 7.10. The second-order valence-corrected chi connectivity index (χ2v) is 9.03. The Morgan fingerprint density at radius 1 is 0.903 bits per heavy atom. The Balaban J connectivity index is 1.43. The highest BCUT2D eigenvalue weighted by Crippen LogP contribution is 2.22. The highest BCUT2D eigenvalue weighted by atomic mass is 32.2. The Labute approximate surface area is 179 Å². The van der Waals surface area contributed by atoms with Gasteiger partial charge in [-0.2, -0.15) is 4.31 Å². The topological polar surface area (TPSA) is 106 Å². The number of sulfonamides is 1. The Morgan fingerprint density at radius 3 is 2.16 bits per heavy atom. The molecule has 9 nitrogen and oxygen atoms in total. The fraction of sp³-hybridized carbons (Fsp3) is 0.190. The van der Waals surface area contributed by atoms with E-state index in [9.17, 15) is 23.3 Å². The first kappa shape index (κ1) is 20.8. The van der Waals surface area contributed by atoms with Gasteiger partial charge in [-0.1, -0.05) is 6.07 Å². The summed E-state index contributed by atoms with van der Waals surface area (Å²) in [6.07, 6.45) is 3.83. The molecule has 0 atom stereocenters.